The first-order valence-corrected chi connectivity index (χ1v) is 17.3. The lowest BCUT2D eigenvalue weighted by atomic mass is 9.99. The summed E-state index contributed by atoms with van der Waals surface area (Å²) in [7, 11) is 0. The molecule has 8 aromatic carbocycles. The summed E-state index contributed by atoms with van der Waals surface area (Å²) in [5.41, 5.74) is 8.27. The highest BCUT2D eigenvalue weighted by molar-refractivity contribution is 7.25. The van der Waals surface area contributed by atoms with Crippen molar-refractivity contribution in [1.29, 1.82) is 0 Å². The van der Waals surface area contributed by atoms with E-state index in [-0.39, 0.29) is 0 Å². The fraction of sp³-hybridized carbons (Fsp3) is 0. The molecule has 0 bridgehead atoms. The highest BCUT2D eigenvalue weighted by Gasteiger charge is 2.20. The number of para-hydroxylation sites is 1. The summed E-state index contributed by atoms with van der Waals surface area (Å²) in [5.74, 6) is 0.631. The van der Waals surface area contributed by atoms with Crippen LogP contribution in [-0.4, -0.2) is 4.98 Å². The monoisotopic (exact) mass is 644 g/mol. The maximum atomic E-state index is 6.58. The Morgan fingerprint density at radius 1 is 0.490 bits per heavy atom. The molecule has 3 nitrogen and oxygen atoms in total. The second-order valence-electron chi connectivity index (χ2n) is 12.4. The number of rotatable bonds is 5. The fourth-order valence-corrected chi connectivity index (χ4v) is 8.30. The van der Waals surface area contributed by atoms with Crippen molar-refractivity contribution in [2.75, 3.05) is 4.90 Å². The van der Waals surface area contributed by atoms with E-state index in [9.17, 15) is 0 Å². The Morgan fingerprint density at radius 2 is 1.14 bits per heavy atom. The van der Waals surface area contributed by atoms with Gasteiger partial charge in [0.25, 0.3) is 0 Å². The van der Waals surface area contributed by atoms with Crippen LogP contribution in [0.5, 0.6) is 0 Å². The molecule has 0 aliphatic heterocycles. The summed E-state index contributed by atoms with van der Waals surface area (Å²) in [5, 5.41) is 7.05. The highest BCUT2D eigenvalue weighted by Crippen LogP contribution is 2.45. The Labute approximate surface area is 286 Å². The Morgan fingerprint density at radius 3 is 2.02 bits per heavy atom. The third-order valence-electron chi connectivity index (χ3n) is 9.47. The smallest absolute Gasteiger partial charge is 0.227 e. The fourth-order valence-electron chi connectivity index (χ4n) is 7.16. The normalized spacial score (nSPS) is 11.7. The van der Waals surface area contributed by atoms with E-state index in [4.69, 9.17) is 9.40 Å². The van der Waals surface area contributed by atoms with Gasteiger partial charge in [-0.3, -0.25) is 0 Å². The Kier molecular flexibility index (Phi) is 6.36. The van der Waals surface area contributed by atoms with Crippen LogP contribution in [-0.2, 0) is 0 Å². The maximum absolute atomic E-state index is 6.58. The summed E-state index contributed by atoms with van der Waals surface area (Å²) < 4.78 is 9.14. The third-order valence-corrected chi connectivity index (χ3v) is 10.6. The molecule has 0 atom stereocenters. The minimum Gasteiger partial charge on any atom is -0.435 e. The van der Waals surface area contributed by atoms with Crippen molar-refractivity contribution in [3.63, 3.8) is 0 Å². The Bertz CT molecular complexity index is 2840. The summed E-state index contributed by atoms with van der Waals surface area (Å²) in [6, 6.07) is 60.4. The van der Waals surface area contributed by atoms with Crippen molar-refractivity contribution in [3.8, 4) is 22.6 Å². The first kappa shape index (κ1) is 27.8. The van der Waals surface area contributed by atoms with Gasteiger partial charge in [-0.2, -0.15) is 0 Å². The van der Waals surface area contributed by atoms with Gasteiger partial charge in [0.15, 0.2) is 5.58 Å². The second-order valence-corrected chi connectivity index (χ2v) is 13.4. The van der Waals surface area contributed by atoms with E-state index in [0.717, 1.165) is 55.3 Å². The van der Waals surface area contributed by atoms with Crippen LogP contribution in [0, 0.1) is 0 Å². The van der Waals surface area contributed by atoms with Crippen molar-refractivity contribution < 1.29 is 4.42 Å². The predicted octanol–water partition coefficient (Wildman–Crippen LogP) is 13.3. The SMILES string of the molecule is c1ccc(-c2nc3ccc4ccc5ccc(N(c6ccc7c(c6)sc6ccccc67)c6ccccc6-c6ccccc6)cc5c4c3o2)cc1. The number of fused-ring (bicyclic) bond motifs is 8. The lowest BCUT2D eigenvalue weighted by Crippen LogP contribution is -2.11. The zero-order valence-electron chi connectivity index (χ0n) is 26.4. The molecule has 2 heterocycles. The van der Waals surface area contributed by atoms with Crippen LogP contribution >= 0.6 is 11.3 Å². The molecule has 0 radical (unpaired) electrons. The molecule has 10 aromatic rings. The number of nitrogens with zero attached hydrogens (tertiary/aromatic N) is 2. The number of hydrogen-bond acceptors (Lipinski definition) is 4. The Hall–Kier alpha value is -6.23. The summed E-state index contributed by atoms with van der Waals surface area (Å²) in [4.78, 5) is 7.31. The lowest BCUT2D eigenvalue weighted by molar-refractivity contribution is 0.623. The molecule has 0 fully saturated rings. The van der Waals surface area contributed by atoms with Gasteiger partial charge in [-0.15, -0.1) is 11.3 Å². The average Bonchev–Trinajstić information content (AvgIpc) is 3.77. The average molecular weight is 645 g/mol. The Balaban J connectivity index is 1.24. The summed E-state index contributed by atoms with van der Waals surface area (Å²) >= 11 is 1.84. The number of thiophene rings is 1. The van der Waals surface area contributed by atoms with E-state index in [1.165, 1.54) is 31.3 Å². The molecule has 0 aliphatic carbocycles. The second kappa shape index (κ2) is 11.2. The van der Waals surface area contributed by atoms with Crippen LogP contribution in [0.25, 0.3) is 75.4 Å². The van der Waals surface area contributed by atoms with Gasteiger partial charge in [0.2, 0.25) is 5.89 Å². The molecule has 0 saturated heterocycles. The topological polar surface area (TPSA) is 29.3 Å². The van der Waals surface area contributed by atoms with Gasteiger partial charge < -0.3 is 9.32 Å². The molecule has 0 N–H and O–H groups in total. The van der Waals surface area contributed by atoms with Crippen molar-refractivity contribution in [1.82, 2.24) is 4.98 Å². The van der Waals surface area contributed by atoms with E-state index < -0.39 is 0 Å². The van der Waals surface area contributed by atoms with E-state index in [1.807, 2.05) is 41.7 Å². The molecule has 0 aliphatic rings. The number of oxazole rings is 1. The van der Waals surface area contributed by atoms with E-state index in [1.54, 1.807) is 0 Å². The van der Waals surface area contributed by atoms with Crippen LogP contribution < -0.4 is 4.90 Å². The maximum Gasteiger partial charge on any atom is 0.227 e. The van der Waals surface area contributed by atoms with Gasteiger partial charge in [0, 0.05) is 48.1 Å². The van der Waals surface area contributed by atoms with Crippen molar-refractivity contribution >= 4 is 81.2 Å². The van der Waals surface area contributed by atoms with E-state index >= 15 is 0 Å². The number of anilines is 3. The van der Waals surface area contributed by atoms with Crippen molar-refractivity contribution in [3.05, 3.63) is 170 Å². The van der Waals surface area contributed by atoms with Gasteiger partial charge in [-0.1, -0.05) is 115 Å². The minimum atomic E-state index is 0.631. The largest absolute Gasteiger partial charge is 0.435 e. The first-order chi connectivity index (χ1) is 24.3. The standard InChI is InChI=1S/C45H28N2OS/c1-3-11-29(12-4-1)35-15-7-9-17-40(35)47(34-24-25-37-36-16-8-10-18-41(36)49-42(37)28-34)33-23-21-30-19-20-31-22-26-39-44(43(31)38(30)27-33)48-45(46-39)32-13-5-2-6-14-32/h1-28H. The number of aromatic nitrogens is 1. The molecular formula is C45H28N2OS. The van der Waals surface area contributed by atoms with Gasteiger partial charge in [0.1, 0.15) is 5.52 Å². The molecule has 0 saturated carbocycles. The number of hydrogen-bond donors (Lipinski definition) is 0. The quantitative estimate of drug-likeness (QED) is 0.175. The van der Waals surface area contributed by atoms with Crippen LogP contribution in [0.3, 0.4) is 0 Å². The highest BCUT2D eigenvalue weighted by atomic mass is 32.1. The van der Waals surface area contributed by atoms with Gasteiger partial charge in [-0.25, -0.2) is 4.98 Å². The van der Waals surface area contributed by atoms with E-state index in [0.29, 0.717) is 5.89 Å². The molecule has 0 spiro atoms. The molecule has 230 valence electrons. The van der Waals surface area contributed by atoms with Crippen LogP contribution in [0.2, 0.25) is 0 Å². The molecule has 4 heteroatoms. The van der Waals surface area contributed by atoms with Crippen LogP contribution in [0.1, 0.15) is 0 Å². The summed E-state index contributed by atoms with van der Waals surface area (Å²) in [6.07, 6.45) is 0. The van der Waals surface area contributed by atoms with Crippen molar-refractivity contribution in [2.24, 2.45) is 0 Å². The van der Waals surface area contributed by atoms with Crippen molar-refractivity contribution in [2.45, 2.75) is 0 Å². The predicted molar refractivity (Wildman–Crippen MR) is 207 cm³/mol. The molecule has 10 rings (SSSR count). The minimum absolute atomic E-state index is 0.631. The molecule has 49 heavy (non-hydrogen) atoms. The lowest BCUT2D eigenvalue weighted by Gasteiger charge is -2.28. The molecule has 0 amide bonds. The van der Waals surface area contributed by atoms with Gasteiger partial charge >= 0.3 is 0 Å². The zero-order chi connectivity index (χ0) is 32.3. The summed E-state index contributed by atoms with van der Waals surface area (Å²) in [6.45, 7) is 0. The van der Waals surface area contributed by atoms with E-state index in [2.05, 4.69) is 144 Å². The molecule has 2 aromatic heterocycles. The first-order valence-electron chi connectivity index (χ1n) is 16.5. The number of benzene rings is 8. The third kappa shape index (κ3) is 4.61. The van der Waals surface area contributed by atoms with Crippen LogP contribution in [0.15, 0.2) is 174 Å². The molecule has 0 unspecified atom stereocenters. The van der Waals surface area contributed by atoms with Gasteiger partial charge in [0.05, 0.1) is 5.69 Å². The molecular weight excluding hydrogens is 617 g/mol. The van der Waals surface area contributed by atoms with Crippen LogP contribution in [0.4, 0.5) is 17.1 Å². The zero-order valence-corrected chi connectivity index (χ0v) is 27.2. The van der Waals surface area contributed by atoms with Gasteiger partial charge in [-0.05, 0) is 76.3 Å².